The van der Waals surface area contributed by atoms with Gasteiger partial charge >= 0.3 is 0 Å². The van der Waals surface area contributed by atoms with Gasteiger partial charge in [0.1, 0.15) is 16.4 Å². The highest BCUT2D eigenvalue weighted by Crippen LogP contribution is 2.24. The molecule has 2 aromatic rings. The zero-order valence-electron chi connectivity index (χ0n) is 15.1. The number of carbonyl (C=O) groups excluding carboxylic acids is 1. The summed E-state index contributed by atoms with van der Waals surface area (Å²) in [5, 5.41) is 0. The van der Waals surface area contributed by atoms with Crippen molar-refractivity contribution >= 4 is 15.9 Å². The summed E-state index contributed by atoms with van der Waals surface area (Å²) in [5.74, 6) is 0.165. The Morgan fingerprint density at radius 3 is 2.35 bits per heavy atom. The predicted octanol–water partition coefficient (Wildman–Crippen LogP) is 2.01. The highest BCUT2D eigenvalue weighted by Gasteiger charge is 2.20. The molecule has 2 N–H and O–H groups in total. The predicted molar refractivity (Wildman–Crippen MR) is 97.6 cm³/mol. The fraction of sp³-hybridized carbons (Fsp3) is 0.278. The Hall–Kier alpha value is -2.58. The van der Waals surface area contributed by atoms with Crippen LogP contribution in [0.3, 0.4) is 0 Å². The molecule has 140 valence electrons. The van der Waals surface area contributed by atoms with E-state index in [4.69, 9.17) is 9.47 Å². The second-order valence-corrected chi connectivity index (χ2v) is 7.47. The van der Waals surface area contributed by atoms with Crippen LogP contribution in [0.4, 0.5) is 0 Å². The van der Waals surface area contributed by atoms with E-state index in [1.165, 1.54) is 13.2 Å². The normalized spacial score (nSPS) is 11.1. The van der Waals surface area contributed by atoms with Crippen LogP contribution in [0, 0.1) is 20.8 Å². The van der Waals surface area contributed by atoms with Gasteiger partial charge in [-0.15, -0.1) is 4.83 Å². The molecule has 0 aliphatic rings. The van der Waals surface area contributed by atoms with Crippen LogP contribution in [-0.4, -0.2) is 28.0 Å². The molecule has 0 spiro atoms. The second-order valence-electron chi connectivity index (χ2n) is 5.82. The first kappa shape index (κ1) is 19.7. The van der Waals surface area contributed by atoms with Crippen LogP contribution in [0.15, 0.2) is 41.3 Å². The quantitative estimate of drug-likeness (QED) is 0.719. The largest absolute Gasteiger partial charge is 0.495 e. The minimum Gasteiger partial charge on any atom is -0.495 e. The fourth-order valence-electron chi connectivity index (χ4n) is 2.37. The molecule has 0 aliphatic heterocycles. The molecule has 1 amide bonds. The van der Waals surface area contributed by atoms with Crippen molar-refractivity contribution in [3.63, 3.8) is 0 Å². The first-order valence-electron chi connectivity index (χ1n) is 7.89. The van der Waals surface area contributed by atoms with Crippen molar-refractivity contribution in [1.29, 1.82) is 0 Å². The molecule has 0 fully saturated rings. The van der Waals surface area contributed by atoms with E-state index in [2.05, 4.69) is 10.3 Å². The van der Waals surface area contributed by atoms with Gasteiger partial charge in [-0.3, -0.25) is 10.2 Å². The van der Waals surface area contributed by atoms with Gasteiger partial charge in [0.15, 0.2) is 6.61 Å². The molecule has 26 heavy (non-hydrogen) atoms. The SMILES string of the molecule is COc1ccc(C)cc1S(=O)(=O)NNC(=O)COc1c(C)cccc1C. The molecule has 0 bridgehead atoms. The fourth-order valence-corrected chi connectivity index (χ4v) is 3.49. The summed E-state index contributed by atoms with van der Waals surface area (Å²) < 4.78 is 35.4. The standard InChI is InChI=1S/C18H22N2O5S/c1-12-8-9-15(24-4)16(10-12)26(22,23)20-19-17(21)11-25-18-13(2)6-5-7-14(18)3/h5-10,20H,11H2,1-4H3,(H,19,21). The van der Waals surface area contributed by atoms with Gasteiger partial charge in [0.05, 0.1) is 7.11 Å². The lowest BCUT2D eigenvalue weighted by atomic mass is 10.1. The van der Waals surface area contributed by atoms with Crippen molar-refractivity contribution in [2.45, 2.75) is 25.7 Å². The minimum absolute atomic E-state index is 0.0593. The van der Waals surface area contributed by atoms with Crippen molar-refractivity contribution in [1.82, 2.24) is 10.3 Å². The van der Waals surface area contributed by atoms with E-state index < -0.39 is 15.9 Å². The summed E-state index contributed by atoms with van der Waals surface area (Å²) in [5.41, 5.74) is 4.67. The molecule has 0 unspecified atom stereocenters. The summed E-state index contributed by atoms with van der Waals surface area (Å²) in [4.78, 5) is 13.9. The highest BCUT2D eigenvalue weighted by atomic mass is 32.2. The zero-order chi connectivity index (χ0) is 19.3. The van der Waals surface area contributed by atoms with E-state index in [9.17, 15) is 13.2 Å². The average Bonchev–Trinajstić information content (AvgIpc) is 2.59. The van der Waals surface area contributed by atoms with Gasteiger partial charge in [0.25, 0.3) is 15.9 Å². The Labute approximate surface area is 153 Å². The Balaban J connectivity index is 2.01. The van der Waals surface area contributed by atoms with Crippen LogP contribution in [0.1, 0.15) is 16.7 Å². The molecule has 0 aromatic heterocycles. The summed E-state index contributed by atoms with van der Waals surface area (Å²) in [6, 6.07) is 10.4. The molecular weight excluding hydrogens is 356 g/mol. The molecule has 0 aliphatic carbocycles. The smallest absolute Gasteiger partial charge is 0.272 e. The maximum Gasteiger partial charge on any atom is 0.272 e. The monoisotopic (exact) mass is 378 g/mol. The second kappa shape index (κ2) is 8.20. The molecule has 0 saturated heterocycles. The third kappa shape index (κ3) is 4.74. The van der Waals surface area contributed by atoms with E-state index in [0.717, 1.165) is 16.7 Å². The summed E-state index contributed by atoms with van der Waals surface area (Å²) in [6.07, 6.45) is 0. The number of hydrazine groups is 1. The number of para-hydroxylation sites is 1. The number of hydrogen-bond donors (Lipinski definition) is 2. The van der Waals surface area contributed by atoms with Gasteiger partial charge in [-0.2, -0.15) is 0 Å². The molecule has 0 saturated carbocycles. The van der Waals surface area contributed by atoms with Gasteiger partial charge in [-0.05, 0) is 49.6 Å². The van der Waals surface area contributed by atoms with Crippen LogP contribution in [0.2, 0.25) is 0 Å². The van der Waals surface area contributed by atoms with E-state index in [1.54, 1.807) is 19.1 Å². The lowest BCUT2D eigenvalue weighted by molar-refractivity contribution is -0.123. The molecule has 8 heteroatoms. The van der Waals surface area contributed by atoms with Crippen molar-refractivity contribution in [2.75, 3.05) is 13.7 Å². The number of ether oxygens (including phenoxy) is 2. The van der Waals surface area contributed by atoms with Gasteiger partial charge in [-0.25, -0.2) is 8.42 Å². The molecule has 0 atom stereocenters. The van der Waals surface area contributed by atoms with Gasteiger partial charge < -0.3 is 9.47 Å². The summed E-state index contributed by atoms with van der Waals surface area (Å²) in [7, 11) is -2.61. The van der Waals surface area contributed by atoms with Crippen molar-refractivity contribution in [3.8, 4) is 11.5 Å². The Kier molecular flexibility index (Phi) is 6.23. The number of carbonyl (C=O) groups is 1. The van der Waals surface area contributed by atoms with Crippen LogP contribution in [0.5, 0.6) is 11.5 Å². The van der Waals surface area contributed by atoms with Crippen LogP contribution in [0.25, 0.3) is 0 Å². The molecule has 0 heterocycles. The zero-order valence-corrected chi connectivity index (χ0v) is 15.9. The molecule has 2 rings (SSSR count). The van der Waals surface area contributed by atoms with Gasteiger partial charge in [0.2, 0.25) is 0 Å². The maximum atomic E-state index is 12.4. The number of sulfonamides is 1. The topological polar surface area (TPSA) is 93.7 Å². The number of rotatable bonds is 7. The van der Waals surface area contributed by atoms with Gasteiger partial charge in [0, 0.05) is 0 Å². The average molecular weight is 378 g/mol. The molecule has 7 nitrogen and oxygen atoms in total. The first-order valence-corrected chi connectivity index (χ1v) is 9.37. The van der Waals surface area contributed by atoms with Gasteiger partial charge in [-0.1, -0.05) is 24.3 Å². The Morgan fingerprint density at radius 1 is 1.08 bits per heavy atom. The lowest BCUT2D eigenvalue weighted by Crippen LogP contribution is -2.43. The van der Waals surface area contributed by atoms with Crippen molar-refractivity contribution in [3.05, 3.63) is 53.1 Å². The molecule has 0 radical (unpaired) electrons. The number of benzene rings is 2. The van der Waals surface area contributed by atoms with Crippen LogP contribution >= 0.6 is 0 Å². The van der Waals surface area contributed by atoms with E-state index in [0.29, 0.717) is 5.75 Å². The minimum atomic E-state index is -3.98. The van der Waals surface area contributed by atoms with E-state index in [-0.39, 0.29) is 17.3 Å². The Bertz CT molecular complexity index is 890. The first-order chi connectivity index (χ1) is 12.2. The number of amides is 1. The summed E-state index contributed by atoms with van der Waals surface area (Å²) in [6.45, 7) is 5.18. The highest BCUT2D eigenvalue weighted by molar-refractivity contribution is 7.89. The van der Waals surface area contributed by atoms with Crippen molar-refractivity contribution in [2.24, 2.45) is 0 Å². The molecule has 2 aromatic carbocycles. The van der Waals surface area contributed by atoms with E-state index >= 15 is 0 Å². The third-order valence-corrected chi connectivity index (χ3v) is 4.96. The van der Waals surface area contributed by atoms with Crippen LogP contribution in [-0.2, 0) is 14.8 Å². The lowest BCUT2D eigenvalue weighted by Gasteiger charge is -2.14. The van der Waals surface area contributed by atoms with Crippen molar-refractivity contribution < 1.29 is 22.7 Å². The maximum absolute atomic E-state index is 12.4. The summed E-state index contributed by atoms with van der Waals surface area (Å²) >= 11 is 0. The number of nitrogens with one attached hydrogen (secondary N) is 2. The third-order valence-electron chi connectivity index (χ3n) is 3.69. The Morgan fingerprint density at radius 2 is 1.73 bits per heavy atom. The van der Waals surface area contributed by atoms with Crippen LogP contribution < -0.4 is 19.7 Å². The number of aryl methyl sites for hydroxylation is 3. The molecular formula is C18H22N2O5S. The number of methoxy groups -OCH3 is 1. The number of hydrogen-bond acceptors (Lipinski definition) is 5. The van der Waals surface area contributed by atoms with E-state index in [1.807, 2.05) is 32.0 Å².